The highest BCUT2D eigenvalue weighted by Crippen LogP contribution is 2.50. The molecule has 4 atom stereocenters. The molecule has 1 fully saturated rings. The Labute approximate surface area is 243 Å². The molecular formula is C28H42N7O5P. The zero-order valence-corrected chi connectivity index (χ0v) is 25.6. The van der Waals surface area contributed by atoms with Crippen molar-refractivity contribution in [1.82, 2.24) is 29.1 Å². The fraction of sp³-hybridized carbons (Fsp3) is 0.571. The van der Waals surface area contributed by atoms with Crippen LogP contribution in [0.2, 0.25) is 0 Å². The maximum absolute atomic E-state index is 12.7. The van der Waals surface area contributed by atoms with E-state index in [0.717, 1.165) is 13.0 Å². The van der Waals surface area contributed by atoms with Gasteiger partial charge in [0, 0.05) is 24.1 Å². The predicted octanol–water partition coefficient (Wildman–Crippen LogP) is 4.06. The third-order valence-corrected chi connectivity index (χ3v) is 8.88. The van der Waals surface area contributed by atoms with Gasteiger partial charge >= 0.3 is 0 Å². The Balaban J connectivity index is 1.51. The quantitative estimate of drug-likeness (QED) is 0.211. The third kappa shape index (κ3) is 7.84. The van der Waals surface area contributed by atoms with Crippen LogP contribution in [-0.2, 0) is 13.8 Å². The number of aliphatic hydroxyl groups excluding tert-OH is 1. The molecule has 0 radical (unpaired) electrons. The number of carbonyl (C=O) groups is 1. The van der Waals surface area contributed by atoms with E-state index in [2.05, 4.69) is 57.5 Å². The summed E-state index contributed by atoms with van der Waals surface area (Å²) in [6, 6.07) is 9.33. The molecule has 41 heavy (non-hydrogen) atoms. The van der Waals surface area contributed by atoms with Gasteiger partial charge in [0.25, 0.3) is 14.4 Å². The standard InChI is InChI=1S/C28H42N7O5P/c1-19(2)35(20(3)4)41(38-14-10-13-33(5)6)40-22-15-24(39-23(22)16-36)34-18-31-25-26(29-17-30-27(25)34)32-28(37)21-11-8-7-9-12-21/h7-9,11-12,17-20,22-24,36H,10,13-16H2,1-6H3,(H,29,30,32,37)/t22?,23-,24-,41?/m1/s1. The number of nitrogens with one attached hydrogen (secondary N) is 1. The van der Waals surface area contributed by atoms with E-state index in [9.17, 15) is 9.90 Å². The van der Waals surface area contributed by atoms with Gasteiger partial charge in [0.15, 0.2) is 17.0 Å². The molecule has 1 amide bonds. The van der Waals surface area contributed by atoms with Gasteiger partial charge in [-0.15, -0.1) is 0 Å². The molecule has 13 heteroatoms. The third-order valence-electron chi connectivity index (χ3n) is 6.72. The molecule has 2 unspecified atom stereocenters. The molecule has 1 aromatic carbocycles. The van der Waals surface area contributed by atoms with Gasteiger partial charge in [-0.1, -0.05) is 18.2 Å². The van der Waals surface area contributed by atoms with E-state index >= 15 is 0 Å². The summed E-state index contributed by atoms with van der Waals surface area (Å²) in [6.45, 7) is 9.81. The van der Waals surface area contributed by atoms with Crippen LogP contribution in [-0.4, -0.2) is 98.2 Å². The van der Waals surface area contributed by atoms with Gasteiger partial charge < -0.3 is 29.1 Å². The Hall–Kier alpha value is -2.57. The summed E-state index contributed by atoms with van der Waals surface area (Å²) < 4.78 is 23.3. The summed E-state index contributed by atoms with van der Waals surface area (Å²) in [5.41, 5.74) is 1.47. The largest absolute Gasteiger partial charge is 0.394 e. The Morgan fingerprint density at radius 2 is 1.90 bits per heavy atom. The maximum Gasteiger partial charge on any atom is 0.259 e. The number of ether oxygens (including phenoxy) is 1. The highest BCUT2D eigenvalue weighted by Gasteiger charge is 2.41. The second kappa shape index (κ2) is 14.6. The average molecular weight is 588 g/mol. The number of imidazole rings is 1. The van der Waals surface area contributed by atoms with Crippen LogP contribution < -0.4 is 5.32 Å². The van der Waals surface area contributed by atoms with Crippen LogP contribution in [0, 0.1) is 0 Å². The number of amides is 1. The van der Waals surface area contributed by atoms with Crippen molar-refractivity contribution in [2.24, 2.45) is 0 Å². The molecule has 2 N–H and O–H groups in total. The number of aromatic nitrogens is 4. The fourth-order valence-electron chi connectivity index (χ4n) is 4.83. The number of hydrogen-bond donors (Lipinski definition) is 2. The van der Waals surface area contributed by atoms with Gasteiger partial charge in [-0.3, -0.25) is 9.36 Å². The lowest BCUT2D eigenvalue weighted by atomic mass is 10.2. The summed E-state index contributed by atoms with van der Waals surface area (Å²) in [5, 5.41) is 13.0. The van der Waals surface area contributed by atoms with Crippen LogP contribution in [0.5, 0.6) is 0 Å². The van der Waals surface area contributed by atoms with Crippen molar-refractivity contribution in [3.05, 3.63) is 48.5 Å². The fourth-order valence-corrected chi connectivity index (χ4v) is 6.63. The predicted molar refractivity (Wildman–Crippen MR) is 158 cm³/mol. The first-order valence-corrected chi connectivity index (χ1v) is 15.2. The monoisotopic (exact) mass is 587 g/mol. The first-order valence-electron chi connectivity index (χ1n) is 14.0. The summed E-state index contributed by atoms with van der Waals surface area (Å²) in [5.74, 6) is 0.0242. The van der Waals surface area contributed by atoms with E-state index in [1.165, 1.54) is 6.33 Å². The van der Waals surface area contributed by atoms with Crippen molar-refractivity contribution >= 4 is 31.4 Å². The minimum Gasteiger partial charge on any atom is -0.394 e. The maximum atomic E-state index is 12.7. The SMILES string of the molecule is CC(C)N(C(C)C)P(OCCCN(C)C)OC1C[C@H](n2cnc3c(NC(=O)c4ccccc4)ncnc32)O[C@@H]1CO. The molecule has 224 valence electrons. The molecule has 12 nitrogen and oxygen atoms in total. The smallest absolute Gasteiger partial charge is 0.259 e. The minimum absolute atomic E-state index is 0.200. The molecular weight excluding hydrogens is 545 g/mol. The van der Waals surface area contributed by atoms with Crippen LogP contribution in [0.1, 0.15) is 57.1 Å². The van der Waals surface area contributed by atoms with Gasteiger partial charge in [0.1, 0.15) is 18.7 Å². The number of aliphatic hydroxyl groups is 1. The van der Waals surface area contributed by atoms with E-state index in [0.29, 0.717) is 35.6 Å². The normalized spacial score (nSPS) is 20.1. The topological polar surface area (TPSA) is 127 Å². The van der Waals surface area contributed by atoms with Crippen molar-refractivity contribution in [1.29, 1.82) is 0 Å². The molecule has 3 aromatic rings. The molecule has 2 aromatic heterocycles. The number of fused-ring (bicyclic) bond motifs is 1. The number of anilines is 1. The Kier molecular flexibility index (Phi) is 11.1. The van der Waals surface area contributed by atoms with E-state index < -0.39 is 27.0 Å². The summed E-state index contributed by atoms with van der Waals surface area (Å²) >= 11 is 0. The summed E-state index contributed by atoms with van der Waals surface area (Å²) in [6.07, 6.45) is 2.93. The number of hydrogen-bond acceptors (Lipinski definition) is 10. The van der Waals surface area contributed by atoms with Gasteiger partial charge in [-0.2, -0.15) is 0 Å². The lowest BCUT2D eigenvalue weighted by molar-refractivity contribution is -0.0412. The molecule has 0 bridgehead atoms. The van der Waals surface area contributed by atoms with Crippen LogP contribution in [0.15, 0.2) is 43.0 Å². The molecule has 4 rings (SSSR count). The van der Waals surface area contributed by atoms with Gasteiger partial charge in [0.05, 0.1) is 25.6 Å². The van der Waals surface area contributed by atoms with Crippen molar-refractivity contribution in [3.8, 4) is 0 Å². The summed E-state index contributed by atoms with van der Waals surface area (Å²) in [7, 11) is 2.68. The second-order valence-corrected chi connectivity index (χ2v) is 12.3. The molecule has 1 saturated heterocycles. The molecule has 0 saturated carbocycles. The van der Waals surface area contributed by atoms with Gasteiger partial charge in [-0.25, -0.2) is 19.6 Å². The number of rotatable bonds is 14. The second-order valence-electron chi connectivity index (χ2n) is 10.9. The Morgan fingerprint density at radius 3 is 2.56 bits per heavy atom. The van der Waals surface area contributed by atoms with Crippen LogP contribution in [0.25, 0.3) is 11.2 Å². The highest BCUT2D eigenvalue weighted by molar-refractivity contribution is 7.44. The van der Waals surface area contributed by atoms with E-state index in [4.69, 9.17) is 13.8 Å². The van der Waals surface area contributed by atoms with E-state index in [-0.39, 0.29) is 24.6 Å². The average Bonchev–Trinajstić information content (AvgIpc) is 3.55. The van der Waals surface area contributed by atoms with Gasteiger partial charge in [0.2, 0.25) is 0 Å². The molecule has 1 aliphatic rings. The molecule has 0 aliphatic carbocycles. The summed E-state index contributed by atoms with van der Waals surface area (Å²) in [4.78, 5) is 28.0. The number of nitrogens with zero attached hydrogens (tertiary/aromatic N) is 6. The molecule has 1 aliphatic heterocycles. The van der Waals surface area contributed by atoms with Crippen LogP contribution in [0.4, 0.5) is 5.82 Å². The van der Waals surface area contributed by atoms with Crippen molar-refractivity contribution in [2.75, 3.05) is 39.2 Å². The lowest BCUT2D eigenvalue weighted by Crippen LogP contribution is -2.36. The Bertz CT molecular complexity index is 1250. The first-order chi connectivity index (χ1) is 19.7. The van der Waals surface area contributed by atoms with Gasteiger partial charge in [-0.05, 0) is 66.9 Å². The minimum atomic E-state index is -1.40. The van der Waals surface area contributed by atoms with Crippen LogP contribution in [0.3, 0.4) is 0 Å². The van der Waals surface area contributed by atoms with E-state index in [1.54, 1.807) is 35.2 Å². The highest BCUT2D eigenvalue weighted by atomic mass is 31.2. The molecule has 0 spiro atoms. The lowest BCUT2D eigenvalue weighted by Gasteiger charge is -2.37. The number of carbonyl (C=O) groups excluding carboxylic acids is 1. The van der Waals surface area contributed by atoms with Crippen molar-refractivity contribution in [3.63, 3.8) is 0 Å². The number of benzene rings is 1. The Morgan fingerprint density at radius 1 is 1.17 bits per heavy atom. The zero-order valence-electron chi connectivity index (χ0n) is 24.7. The van der Waals surface area contributed by atoms with E-state index in [1.807, 2.05) is 20.2 Å². The zero-order chi connectivity index (χ0) is 29.5. The van der Waals surface area contributed by atoms with Crippen molar-refractivity contribution in [2.45, 2.75) is 71.1 Å². The van der Waals surface area contributed by atoms with Crippen molar-refractivity contribution < 1.29 is 23.7 Å². The first kappa shape index (κ1) is 31.4. The van der Waals surface area contributed by atoms with Crippen LogP contribution >= 0.6 is 8.53 Å². The molecule has 3 heterocycles.